The molecule has 4 rings (SSSR count). The molecule has 31 heavy (non-hydrogen) atoms. The molecule has 2 aliphatic heterocycles. The third-order valence-corrected chi connectivity index (χ3v) is 7.52. The lowest BCUT2D eigenvalue weighted by Crippen LogP contribution is -2.54. The Morgan fingerprint density at radius 1 is 1.32 bits per heavy atom. The Hall–Kier alpha value is -2.73. The minimum absolute atomic E-state index is 0.0200. The summed E-state index contributed by atoms with van der Waals surface area (Å²) in [5.74, 6) is -0.00413. The summed E-state index contributed by atoms with van der Waals surface area (Å²) in [5, 5.41) is 14.7. The van der Waals surface area contributed by atoms with E-state index in [1.165, 1.54) is 4.90 Å². The first kappa shape index (κ1) is 21.5. The second-order valence-electron chi connectivity index (χ2n) is 8.34. The van der Waals surface area contributed by atoms with Gasteiger partial charge >= 0.3 is 0 Å². The Balaban J connectivity index is 1.65. The normalized spacial score (nSPS) is 24.7. The molecule has 8 heteroatoms. The molecule has 7 nitrogen and oxygen atoms in total. The summed E-state index contributed by atoms with van der Waals surface area (Å²) in [7, 11) is 1.70. The Labute approximate surface area is 187 Å². The SMILES string of the molecule is CN1C(=O)[C@@H](CCN2CCNCC2)[C@@](C)(c2cc(-c3cccc(C#N)c3)cs2)N=C1N. The van der Waals surface area contributed by atoms with Crippen molar-refractivity contribution in [3.8, 4) is 17.2 Å². The third kappa shape index (κ3) is 4.22. The number of piperazine rings is 1. The van der Waals surface area contributed by atoms with Crippen LogP contribution in [0.4, 0.5) is 0 Å². The Morgan fingerprint density at radius 3 is 2.84 bits per heavy atom. The average molecular weight is 437 g/mol. The molecule has 0 radical (unpaired) electrons. The zero-order chi connectivity index (χ0) is 22.0. The molecule has 1 saturated heterocycles. The van der Waals surface area contributed by atoms with E-state index in [0.717, 1.165) is 55.1 Å². The number of guanidine groups is 1. The fourth-order valence-electron chi connectivity index (χ4n) is 4.38. The van der Waals surface area contributed by atoms with E-state index in [-0.39, 0.29) is 17.8 Å². The molecule has 1 amide bonds. The number of hydrogen-bond donors (Lipinski definition) is 2. The molecule has 2 aliphatic rings. The number of carbonyl (C=O) groups excluding carboxylic acids is 1. The van der Waals surface area contributed by atoms with Gasteiger partial charge < -0.3 is 16.0 Å². The van der Waals surface area contributed by atoms with Crippen molar-refractivity contribution in [2.24, 2.45) is 16.6 Å². The van der Waals surface area contributed by atoms with E-state index in [0.29, 0.717) is 5.56 Å². The lowest BCUT2D eigenvalue weighted by molar-refractivity contribution is -0.134. The van der Waals surface area contributed by atoms with E-state index in [9.17, 15) is 10.1 Å². The first-order chi connectivity index (χ1) is 14.9. The van der Waals surface area contributed by atoms with Gasteiger partial charge in [-0.2, -0.15) is 5.26 Å². The summed E-state index contributed by atoms with van der Waals surface area (Å²) < 4.78 is 0. The number of nitriles is 1. The first-order valence-corrected chi connectivity index (χ1v) is 11.5. The van der Waals surface area contributed by atoms with Gasteiger partial charge in [-0.3, -0.25) is 9.69 Å². The molecular formula is C23H28N6OS. The Bertz CT molecular complexity index is 1030. The van der Waals surface area contributed by atoms with E-state index < -0.39 is 5.54 Å². The van der Waals surface area contributed by atoms with Gasteiger partial charge in [-0.25, -0.2) is 4.99 Å². The molecule has 2 aromatic rings. The van der Waals surface area contributed by atoms with Crippen LogP contribution in [-0.2, 0) is 10.3 Å². The molecule has 1 fully saturated rings. The molecule has 0 saturated carbocycles. The summed E-state index contributed by atoms with van der Waals surface area (Å²) in [5.41, 5.74) is 8.07. The van der Waals surface area contributed by atoms with Crippen LogP contribution in [0.15, 0.2) is 40.7 Å². The largest absolute Gasteiger partial charge is 0.369 e. The highest BCUT2D eigenvalue weighted by Gasteiger charge is 2.46. The molecular weight excluding hydrogens is 408 g/mol. The number of nitrogens with one attached hydrogen (secondary N) is 1. The van der Waals surface area contributed by atoms with Crippen LogP contribution < -0.4 is 11.1 Å². The van der Waals surface area contributed by atoms with E-state index in [1.54, 1.807) is 24.5 Å². The van der Waals surface area contributed by atoms with Gasteiger partial charge in [0.05, 0.1) is 17.6 Å². The van der Waals surface area contributed by atoms with Crippen molar-refractivity contribution < 1.29 is 4.79 Å². The maximum Gasteiger partial charge on any atom is 0.235 e. The monoisotopic (exact) mass is 436 g/mol. The molecule has 2 atom stereocenters. The van der Waals surface area contributed by atoms with Crippen molar-refractivity contribution >= 4 is 23.2 Å². The quantitative estimate of drug-likeness (QED) is 0.749. The highest BCUT2D eigenvalue weighted by atomic mass is 32.1. The molecule has 1 aromatic carbocycles. The second-order valence-corrected chi connectivity index (χ2v) is 9.25. The number of benzene rings is 1. The van der Waals surface area contributed by atoms with Gasteiger partial charge in [-0.05, 0) is 54.6 Å². The number of amides is 1. The summed E-state index contributed by atoms with van der Waals surface area (Å²) >= 11 is 1.59. The van der Waals surface area contributed by atoms with Crippen molar-refractivity contribution in [1.29, 1.82) is 5.26 Å². The zero-order valence-corrected chi connectivity index (χ0v) is 18.8. The maximum absolute atomic E-state index is 13.3. The summed E-state index contributed by atoms with van der Waals surface area (Å²) in [6.45, 7) is 6.84. The standard InChI is InChI=1S/C23H28N6OS/c1-23(20-13-18(15-31-20)17-5-3-4-16(12-17)14-24)19(21(30)28(2)22(25)27-23)6-9-29-10-7-26-8-11-29/h3-5,12-13,15,19,26H,6-11H2,1-2H3,(H2,25,27)/t19-,23+/m1/s1. The molecule has 162 valence electrons. The van der Waals surface area contributed by atoms with Crippen LogP contribution in [0.1, 0.15) is 23.8 Å². The molecule has 3 heterocycles. The van der Waals surface area contributed by atoms with Crippen LogP contribution in [-0.4, -0.2) is 61.4 Å². The van der Waals surface area contributed by atoms with Gasteiger partial charge in [-0.15, -0.1) is 11.3 Å². The smallest absolute Gasteiger partial charge is 0.235 e. The number of hydrogen-bond acceptors (Lipinski definition) is 7. The minimum Gasteiger partial charge on any atom is -0.369 e. The van der Waals surface area contributed by atoms with Gasteiger partial charge in [0, 0.05) is 38.1 Å². The molecule has 0 bridgehead atoms. The predicted molar refractivity (Wildman–Crippen MR) is 124 cm³/mol. The van der Waals surface area contributed by atoms with Gasteiger partial charge in [0.2, 0.25) is 5.91 Å². The highest BCUT2D eigenvalue weighted by Crippen LogP contribution is 2.43. The molecule has 0 aliphatic carbocycles. The number of thiophene rings is 1. The minimum atomic E-state index is -0.711. The number of aliphatic imine (C=N–C) groups is 1. The van der Waals surface area contributed by atoms with Gasteiger partial charge in [-0.1, -0.05) is 12.1 Å². The highest BCUT2D eigenvalue weighted by molar-refractivity contribution is 7.10. The van der Waals surface area contributed by atoms with Crippen LogP contribution in [0.5, 0.6) is 0 Å². The van der Waals surface area contributed by atoms with E-state index in [4.69, 9.17) is 10.7 Å². The van der Waals surface area contributed by atoms with Crippen molar-refractivity contribution in [2.45, 2.75) is 18.9 Å². The van der Waals surface area contributed by atoms with Crippen molar-refractivity contribution in [3.63, 3.8) is 0 Å². The van der Waals surface area contributed by atoms with Gasteiger partial charge in [0.1, 0.15) is 5.54 Å². The van der Waals surface area contributed by atoms with E-state index >= 15 is 0 Å². The predicted octanol–water partition coefficient (Wildman–Crippen LogP) is 2.20. The second kappa shape index (κ2) is 8.79. The zero-order valence-electron chi connectivity index (χ0n) is 18.0. The molecule has 0 spiro atoms. The topological polar surface area (TPSA) is 97.8 Å². The van der Waals surface area contributed by atoms with Crippen LogP contribution >= 0.6 is 11.3 Å². The number of rotatable bonds is 5. The van der Waals surface area contributed by atoms with Crippen LogP contribution in [0, 0.1) is 17.2 Å². The number of carbonyl (C=O) groups is 1. The third-order valence-electron chi connectivity index (χ3n) is 6.36. The Morgan fingerprint density at radius 2 is 2.10 bits per heavy atom. The van der Waals surface area contributed by atoms with Crippen LogP contribution in [0.25, 0.3) is 11.1 Å². The lowest BCUT2D eigenvalue weighted by atomic mass is 9.79. The average Bonchev–Trinajstić information content (AvgIpc) is 3.29. The molecule has 0 unspecified atom stereocenters. The van der Waals surface area contributed by atoms with Crippen molar-refractivity contribution in [3.05, 3.63) is 46.2 Å². The number of nitrogens with zero attached hydrogens (tertiary/aromatic N) is 4. The van der Waals surface area contributed by atoms with E-state index in [2.05, 4.69) is 27.7 Å². The van der Waals surface area contributed by atoms with Gasteiger partial charge in [0.25, 0.3) is 0 Å². The van der Waals surface area contributed by atoms with Crippen molar-refractivity contribution in [2.75, 3.05) is 39.8 Å². The van der Waals surface area contributed by atoms with Crippen LogP contribution in [0.3, 0.4) is 0 Å². The summed E-state index contributed by atoms with van der Waals surface area (Å²) in [6.07, 6.45) is 0.730. The maximum atomic E-state index is 13.3. The van der Waals surface area contributed by atoms with Crippen LogP contribution in [0.2, 0.25) is 0 Å². The lowest BCUT2D eigenvalue weighted by Gasteiger charge is -2.40. The fraction of sp³-hybridized carbons (Fsp3) is 0.435. The Kier molecular flexibility index (Phi) is 6.10. The van der Waals surface area contributed by atoms with Crippen molar-refractivity contribution in [1.82, 2.24) is 15.1 Å². The summed E-state index contributed by atoms with van der Waals surface area (Å²) in [4.78, 5) is 23.0. The molecule has 1 aromatic heterocycles. The first-order valence-electron chi connectivity index (χ1n) is 10.6. The number of nitrogens with two attached hydrogens (primary N) is 1. The van der Waals surface area contributed by atoms with E-state index in [1.807, 2.05) is 25.1 Å². The summed E-state index contributed by atoms with van der Waals surface area (Å²) in [6, 6.07) is 11.8. The van der Waals surface area contributed by atoms with Gasteiger partial charge in [0.15, 0.2) is 5.96 Å². The molecule has 3 N–H and O–H groups in total. The fourth-order valence-corrected chi connectivity index (χ4v) is 5.46.